The smallest absolute Gasteiger partial charge is 0.159 e. The van der Waals surface area contributed by atoms with Crippen LogP contribution in [0.15, 0.2) is 48.7 Å². The number of benzene rings is 2. The standard InChI is InChI=1S/C17H16F2N2/c1-20-10-13-3-2-4-17-14(13)7-8-21(17)11-12-5-6-15(18)16(19)9-12/h2-9,20H,10-11H2,1H3. The molecular formula is C17H16F2N2. The molecule has 0 saturated heterocycles. The van der Waals surface area contributed by atoms with E-state index in [1.807, 2.05) is 29.9 Å². The molecule has 4 heteroatoms. The molecule has 0 unspecified atom stereocenters. The number of aromatic nitrogens is 1. The Hall–Kier alpha value is -2.20. The van der Waals surface area contributed by atoms with Crippen molar-refractivity contribution in [3.8, 4) is 0 Å². The second-order valence-corrected chi connectivity index (χ2v) is 5.07. The Morgan fingerprint density at radius 1 is 1.05 bits per heavy atom. The Labute approximate surface area is 122 Å². The third-order valence-electron chi connectivity index (χ3n) is 3.61. The number of halogens is 2. The monoisotopic (exact) mass is 286 g/mol. The van der Waals surface area contributed by atoms with E-state index in [2.05, 4.69) is 17.4 Å². The quantitative estimate of drug-likeness (QED) is 0.774. The molecule has 21 heavy (non-hydrogen) atoms. The normalized spacial score (nSPS) is 11.2. The minimum atomic E-state index is -0.813. The van der Waals surface area contributed by atoms with Gasteiger partial charge in [0.05, 0.1) is 0 Å². The topological polar surface area (TPSA) is 17.0 Å². The van der Waals surface area contributed by atoms with Crippen molar-refractivity contribution in [2.24, 2.45) is 0 Å². The van der Waals surface area contributed by atoms with Gasteiger partial charge in [0.2, 0.25) is 0 Å². The lowest BCUT2D eigenvalue weighted by atomic mass is 10.1. The summed E-state index contributed by atoms with van der Waals surface area (Å²) in [6.45, 7) is 1.32. The van der Waals surface area contributed by atoms with Gasteiger partial charge in [0.1, 0.15) is 0 Å². The van der Waals surface area contributed by atoms with Crippen LogP contribution < -0.4 is 5.32 Å². The van der Waals surface area contributed by atoms with Crippen molar-refractivity contribution in [1.29, 1.82) is 0 Å². The van der Waals surface area contributed by atoms with Crippen LogP contribution >= 0.6 is 0 Å². The van der Waals surface area contributed by atoms with Crippen LogP contribution in [0.2, 0.25) is 0 Å². The fourth-order valence-electron chi connectivity index (χ4n) is 2.60. The average Bonchev–Trinajstić information content (AvgIpc) is 2.88. The molecule has 0 saturated carbocycles. The summed E-state index contributed by atoms with van der Waals surface area (Å²) >= 11 is 0. The van der Waals surface area contributed by atoms with Gasteiger partial charge in [0, 0.05) is 30.2 Å². The first-order chi connectivity index (χ1) is 10.2. The van der Waals surface area contributed by atoms with Gasteiger partial charge in [-0.05, 0) is 42.4 Å². The van der Waals surface area contributed by atoms with Crippen molar-refractivity contribution in [3.05, 3.63) is 71.4 Å². The third kappa shape index (κ3) is 2.67. The predicted octanol–water partition coefficient (Wildman–Crippen LogP) is 3.69. The zero-order chi connectivity index (χ0) is 14.8. The molecule has 0 atom stereocenters. The Morgan fingerprint density at radius 3 is 2.67 bits per heavy atom. The van der Waals surface area contributed by atoms with E-state index in [0.29, 0.717) is 6.54 Å². The summed E-state index contributed by atoms with van der Waals surface area (Å²) in [6.07, 6.45) is 1.98. The summed E-state index contributed by atoms with van der Waals surface area (Å²) in [6, 6.07) is 12.2. The van der Waals surface area contributed by atoms with Gasteiger partial charge in [-0.3, -0.25) is 0 Å². The fourth-order valence-corrected chi connectivity index (χ4v) is 2.60. The minimum absolute atomic E-state index is 0.518. The van der Waals surface area contributed by atoms with Crippen LogP contribution in [0.1, 0.15) is 11.1 Å². The van der Waals surface area contributed by atoms with Gasteiger partial charge in [-0.2, -0.15) is 0 Å². The number of hydrogen-bond donors (Lipinski definition) is 1. The zero-order valence-corrected chi connectivity index (χ0v) is 11.7. The van der Waals surface area contributed by atoms with Crippen LogP contribution in [0.4, 0.5) is 8.78 Å². The molecule has 108 valence electrons. The summed E-state index contributed by atoms with van der Waals surface area (Å²) in [7, 11) is 1.91. The molecule has 0 aliphatic heterocycles. The van der Waals surface area contributed by atoms with Gasteiger partial charge < -0.3 is 9.88 Å². The molecule has 0 radical (unpaired) electrons. The Balaban J connectivity index is 1.97. The van der Waals surface area contributed by atoms with E-state index >= 15 is 0 Å². The van der Waals surface area contributed by atoms with Gasteiger partial charge in [-0.25, -0.2) is 8.78 Å². The molecule has 1 N–H and O–H groups in total. The Kier molecular flexibility index (Phi) is 3.71. The summed E-state index contributed by atoms with van der Waals surface area (Å²) in [5.41, 5.74) is 3.05. The van der Waals surface area contributed by atoms with Crippen molar-refractivity contribution in [2.45, 2.75) is 13.1 Å². The van der Waals surface area contributed by atoms with Crippen LogP contribution in [-0.4, -0.2) is 11.6 Å². The van der Waals surface area contributed by atoms with Crippen LogP contribution in [-0.2, 0) is 13.1 Å². The summed E-state index contributed by atoms with van der Waals surface area (Å²) in [5, 5.41) is 4.32. The molecule has 2 aromatic carbocycles. The van der Waals surface area contributed by atoms with Gasteiger partial charge in [-0.1, -0.05) is 18.2 Å². The lowest BCUT2D eigenvalue weighted by Gasteiger charge is -2.08. The predicted molar refractivity (Wildman–Crippen MR) is 80.2 cm³/mol. The molecular weight excluding hydrogens is 270 g/mol. The average molecular weight is 286 g/mol. The van der Waals surface area contributed by atoms with Crippen LogP contribution in [0.5, 0.6) is 0 Å². The van der Waals surface area contributed by atoms with Crippen molar-refractivity contribution < 1.29 is 8.78 Å². The van der Waals surface area contributed by atoms with Crippen molar-refractivity contribution in [3.63, 3.8) is 0 Å². The summed E-state index contributed by atoms with van der Waals surface area (Å²) < 4.78 is 28.3. The second kappa shape index (κ2) is 5.66. The molecule has 0 aliphatic rings. The van der Waals surface area contributed by atoms with E-state index < -0.39 is 11.6 Å². The first-order valence-corrected chi connectivity index (χ1v) is 6.84. The molecule has 1 aromatic heterocycles. The number of nitrogens with one attached hydrogen (secondary N) is 1. The third-order valence-corrected chi connectivity index (χ3v) is 3.61. The van der Waals surface area contributed by atoms with E-state index in [4.69, 9.17) is 0 Å². The molecule has 0 fully saturated rings. The largest absolute Gasteiger partial charge is 0.343 e. The maximum atomic E-state index is 13.3. The van der Waals surface area contributed by atoms with Crippen LogP contribution in [0.3, 0.4) is 0 Å². The van der Waals surface area contributed by atoms with Crippen molar-refractivity contribution in [1.82, 2.24) is 9.88 Å². The maximum Gasteiger partial charge on any atom is 0.159 e. The Bertz CT molecular complexity index is 778. The first-order valence-electron chi connectivity index (χ1n) is 6.84. The number of fused-ring (bicyclic) bond motifs is 1. The zero-order valence-electron chi connectivity index (χ0n) is 11.7. The van der Waals surface area contributed by atoms with Gasteiger partial charge in [-0.15, -0.1) is 0 Å². The molecule has 3 aromatic rings. The number of nitrogens with zero attached hydrogens (tertiary/aromatic N) is 1. The molecule has 0 amide bonds. The summed E-state index contributed by atoms with van der Waals surface area (Å²) in [4.78, 5) is 0. The highest BCUT2D eigenvalue weighted by Crippen LogP contribution is 2.21. The lowest BCUT2D eigenvalue weighted by Crippen LogP contribution is -2.05. The van der Waals surface area contributed by atoms with E-state index in [-0.39, 0.29) is 0 Å². The van der Waals surface area contributed by atoms with E-state index in [1.165, 1.54) is 23.1 Å². The molecule has 0 aliphatic carbocycles. The van der Waals surface area contributed by atoms with E-state index in [0.717, 1.165) is 17.6 Å². The molecule has 1 heterocycles. The highest BCUT2D eigenvalue weighted by atomic mass is 19.2. The van der Waals surface area contributed by atoms with E-state index in [9.17, 15) is 8.78 Å². The number of rotatable bonds is 4. The fraction of sp³-hybridized carbons (Fsp3) is 0.176. The van der Waals surface area contributed by atoms with Crippen LogP contribution in [0, 0.1) is 11.6 Å². The van der Waals surface area contributed by atoms with Gasteiger partial charge in [0.15, 0.2) is 11.6 Å². The molecule has 2 nitrogen and oxygen atoms in total. The minimum Gasteiger partial charge on any atom is -0.343 e. The molecule has 0 spiro atoms. The van der Waals surface area contributed by atoms with E-state index in [1.54, 1.807) is 6.07 Å². The van der Waals surface area contributed by atoms with Crippen molar-refractivity contribution in [2.75, 3.05) is 7.05 Å². The number of hydrogen-bond acceptors (Lipinski definition) is 1. The molecule has 3 rings (SSSR count). The van der Waals surface area contributed by atoms with Gasteiger partial charge >= 0.3 is 0 Å². The Morgan fingerprint density at radius 2 is 1.90 bits per heavy atom. The van der Waals surface area contributed by atoms with Gasteiger partial charge in [0.25, 0.3) is 0 Å². The summed E-state index contributed by atoms with van der Waals surface area (Å²) in [5.74, 6) is -1.62. The SMILES string of the molecule is CNCc1cccc2c1ccn2Cc1ccc(F)c(F)c1. The van der Waals surface area contributed by atoms with Crippen LogP contribution in [0.25, 0.3) is 10.9 Å². The highest BCUT2D eigenvalue weighted by molar-refractivity contribution is 5.83. The molecule has 0 bridgehead atoms. The maximum absolute atomic E-state index is 13.3. The first kappa shape index (κ1) is 13.8. The van der Waals surface area contributed by atoms with Crippen molar-refractivity contribution >= 4 is 10.9 Å². The lowest BCUT2D eigenvalue weighted by molar-refractivity contribution is 0.506. The highest BCUT2D eigenvalue weighted by Gasteiger charge is 2.07. The second-order valence-electron chi connectivity index (χ2n) is 5.07.